The molecule has 2 amide bonds. The summed E-state index contributed by atoms with van der Waals surface area (Å²) in [6.45, 7) is 2.17. The summed E-state index contributed by atoms with van der Waals surface area (Å²) in [6, 6.07) is 6.67. The summed E-state index contributed by atoms with van der Waals surface area (Å²) >= 11 is 11.8. The van der Waals surface area contributed by atoms with Gasteiger partial charge in [-0.2, -0.15) is 5.10 Å². The number of nitrogens with one attached hydrogen (secondary N) is 1. The third-order valence-electron chi connectivity index (χ3n) is 3.55. The van der Waals surface area contributed by atoms with Crippen LogP contribution in [0.1, 0.15) is 0 Å². The fraction of sp³-hybridized carbons (Fsp3) is 0.333. The van der Waals surface area contributed by atoms with Gasteiger partial charge in [-0.05, 0) is 24.3 Å². The van der Waals surface area contributed by atoms with Gasteiger partial charge in [0.25, 0.3) is 0 Å². The molecule has 2 heterocycles. The lowest BCUT2D eigenvalue weighted by molar-refractivity contribution is -0.0219. The van der Waals surface area contributed by atoms with Crippen LogP contribution in [0.15, 0.2) is 36.7 Å². The van der Waals surface area contributed by atoms with Crippen LogP contribution in [0.3, 0.4) is 0 Å². The zero-order valence-corrected chi connectivity index (χ0v) is 13.8. The number of hydrogen-bond donors (Lipinski definition) is 1. The zero-order valence-electron chi connectivity index (χ0n) is 12.3. The predicted octanol–water partition coefficient (Wildman–Crippen LogP) is 3.12. The average molecular weight is 355 g/mol. The third-order valence-corrected chi connectivity index (χ3v) is 4.29. The number of urea groups is 1. The summed E-state index contributed by atoms with van der Waals surface area (Å²) < 4.78 is 7.49. The second-order valence-electron chi connectivity index (χ2n) is 5.23. The van der Waals surface area contributed by atoms with Crippen LogP contribution >= 0.6 is 23.2 Å². The van der Waals surface area contributed by atoms with Gasteiger partial charge in [-0.25, -0.2) is 4.79 Å². The van der Waals surface area contributed by atoms with E-state index in [1.165, 1.54) is 0 Å². The molecule has 6 nitrogen and oxygen atoms in total. The van der Waals surface area contributed by atoms with Gasteiger partial charge in [0.1, 0.15) is 0 Å². The van der Waals surface area contributed by atoms with Crippen LogP contribution in [0.2, 0.25) is 10.0 Å². The Morgan fingerprint density at radius 1 is 1.39 bits per heavy atom. The first-order valence-electron chi connectivity index (χ1n) is 7.22. The van der Waals surface area contributed by atoms with Crippen molar-refractivity contribution in [3.8, 4) is 0 Å². The molecule has 8 heteroatoms. The van der Waals surface area contributed by atoms with Crippen LogP contribution in [0.25, 0.3) is 0 Å². The quantitative estimate of drug-likeness (QED) is 0.920. The van der Waals surface area contributed by atoms with E-state index in [4.69, 9.17) is 27.9 Å². The zero-order chi connectivity index (χ0) is 16.2. The number of nitrogens with zero attached hydrogens (tertiary/aromatic N) is 3. The van der Waals surface area contributed by atoms with E-state index in [9.17, 15) is 4.79 Å². The Bertz CT molecular complexity index is 678. The van der Waals surface area contributed by atoms with Gasteiger partial charge in [0.15, 0.2) is 0 Å². The van der Waals surface area contributed by atoms with Gasteiger partial charge in [0, 0.05) is 24.6 Å². The normalized spacial score (nSPS) is 18.0. The molecule has 23 heavy (non-hydrogen) atoms. The molecule has 122 valence electrons. The van der Waals surface area contributed by atoms with Gasteiger partial charge in [0.05, 0.1) is 35.8 Å². The van der Waals surface area contributed by atoms with E-state index in [1.54, 1.807) is 34.0 Å². The molecule has 2 aromatic rings. The molecule has 1 atom stereocenters. The topological polar surface area (TPSA) is 59.4 Å². The van der Waals surface area contributed by atoms with Gasteiger partial charge in [-0.15, -0.1) is 0 Å². The Hall–Kier alpha value is -1.76. The first-order chi connectivity index (χ1) is 11.1. The lowest BCUT2D eigenvalue weighted by Gasteiger charge is -2.32. The minimum absolute atomic E-state index is 0.0804. The Balaban J connectivity index is 1.59. The van der Waals surface area contributed by atoms with Crippen molar-refractivity contribution in [3.05, 3.63) is 46.7 Å². The minimum Gasteiger partial charge on any atom is -0.373 e. The second-order valence-corrected chi connectivity index (χ2v) is 6.04. The number of benzene rings is 1. The van der Waals surface area contributed by atoms with Crippen LogP contribution in [0.4, 0.5) is 10.5 Å². The number of amides is 2. The van der Waals surface area contributed by atoms with Gasteiger partial charge < -0.3 is 15.0 Å². The number of morpholine rings is 1. The fourth-order valence-electron chi connectivity index (χ4n) is 2.41. The summed E-state index contributed by atoms with van der Waals surface area (Å²) in [4.78, 5) is 14.1. The molecule has 1 aliphatic rings. The number of hydrogen-bond acceptors (Lipinski definition) is 3. The van der Waals surface area contributed by atoms with Crippen molar-refractivity contribution in [1.82, 2.24) is 14.7 Å². The molecule has 0 aliphatic carbocycles. The number of ether oxygens (including phenoxy) is 1. The van der Waals surface area contributed by atoms with Crippen molar-refractivity contribution in [1.29, 1.82) is 0 Å². The van der Waals surface area contributed by atoms with Crippen molar-refractivity contribution < 1.29 is 9.53 Å². The summed E-state index contributed by atoms with van der Waals surface area (Å²) in [6.07, 6.45) is 3.51. The summed E-state index contributed by atoms with van der Waals surface area (Å²) in [5, 5.41) is 7.84. The highest BCUT2D eigenvalue weighted by atomic mass is 35.5. The van der Waals surface area contributed by atoms with E-state index in [2.05, 4.69) is 10.4 Å². The first-order valence-corrected chi connectivity index (χ1v) is 7.97. The first kappa shape index (κ1) is 16.1. The lowest BCUT2D eigenvalue weighted by Crippen LogP contribution is -2.48. The van der Waals surface area contributed by atoms with Crippen LogP contribution in [-0.4, -0.2) is 46.5 Å². The summed E-state index contributed by atoms with van der Waals surface area (Å²) in [7, 11) is 0. The van der Waals surface area contributed by atoms with E-state index in [0.29, 0.717) is 42.0 Å². The van der Waals surface area contributed by atoms with Crippen molar-refractivity contribution in [2.75, 3.05) is 25.0 Å². The highest BCUT2D eigenvalue weighted by molar-refractivity contribution is 6.42. The van der Waals surface area contributed by atoms with Crippen molar-refractivity contribution in [3.63, 3.8) is 0 Å². The van der Waals surface area contributed by atoms with Gasteiger partial charge >= 0.3 is 6.03 Å². The Morgan fingerprint density at radius 3 is 3.00 bits per heavy atom. The average Bonchev–Trinajstić information content (AvgIpc) is 3.04. The highest BCUT2D eigenvalue weighted by Gasteiger charge is 2.24. The van der Waals surface area contributed by atoms with E-state index < -0.39 is 0 Å². The van der Waals surface area contributed by atoms with Crippen LogP contribution in [0, 0.1) is 0 Å². The summed E-state index contributed by atoms with van der Waals surface area (Å²) in [5.41, 5.74) is 0.611. The van der Waals surface area contributed by atoms with E-state index in [1.807, 2.05) is 12.3 Å². The molecule has 1 aromatic heterocycles. The highest BCUT2D eigenvalue weighted by Crippen LogP contribution is 2.25. The Labute approximate surface area is 143 Å². The number of carbonyl (C=O) groups excluding carboxylic acids is 1. The van der Waals surface area contributed by atoms with Gasteiger partial charge in [0.2, 0.25) is 0 Å². The smallest absolute Gasteiger partial charge is 0.322 e. The SMILES string of the molecule is O=C(Nc1ccc(Cl)c(Cl)c1)N1CCOC(Cn2cccn2)C1. The van der Waals surface area contributed by atoms with Crippen molar-refractivity contribution >= 4 is 34.9 Å². The standard InChI is InChI=1S/C15H16Cl2N4O2/c16-13-3-2-11(8-14(13)17)19-15(22)20-6-7-23-12(9-20)10-21-5-1-4-18-21/h1-5,8,12H,6-7,9-10H2,(H,19,22). The largest absolute Gasteiger partial charge is 0.373 e. The van der Waals surface area contributed by atoms with E-state index >= 15 is 0 Å². The molecule has 0 radical (unpaired) electrons. The minimum atomic E-state index is -0.183. The molecule has 1 aromatic carbocycles. The maximum Gasteiger partial charge on any atom is 0.322 e. The molecule has 0 saturated carbocycles. The lowest BCUT2D eigenvalue weighted by atomic mass is 10.2. The molecule has 1 fully saturated rings. The number of rotatable bonds is 3. The molecule has 0 bridgehead atoms. The van der Waals surface area contributed by atoms with Gasteiger partial charge in [-0.3, -0.25) is 4.68 Å². The van der Waals surface area contributed by atoms with Gasteiger partial charge in [-0.1, -0.05) is 23.2 Å². The molecule has 3 rings (SSSR count). The number of anilines is 1. The molecule has 0 spiro atoms. The monoisotopic (exact) mass is 354 g/mol. The maximum atomic E-state index is 12.4. The van der Waals surface area contributed by atoms with Crippen LogP contribution < -0.4 is 5.32 Å². The fourth-order valence-corrected chi connectivity index (χ4v) is 2.71. The molecule has 1 N–H and O–H groups in total. The molecular weight excluding hydrogens is 339 g/mol. The second kappa shape index (κ2) is 7.21. The van der Waals surface area contributed by atoms with Crippen LogP contribution in [-0.2, 0) is 11.3 Å². The maximum absolute atomic E-state index is 12.4. The molecule has 1 unspecified atom stereocenters. The van der Waals surface area contributed by atoms with E-state index in [0.717, 1.165) is 0 Å². The third kappa shape index (κ3) is 4.16. The van der Waals surface area contributed by atoms with Crippen molar-refractivity contribution in [2.45, 2.75) is 12.6 Å². The Morgan fingerprint density at radius 2 is 2.26 bits per heavy atom. The van der Waals surface area contributed by atoms with Crippen LogP contribution in [0.5, 0.6) is 0 Å². The molecular formula is C15H16Cl2N4O2. The van der Waals surface area contributed by atoms with Crippen molar-refractivity contribution in [2.24, 2.45) is 0 Å². The molecule has 1 saturated heterocycles. The number of aromatic nitrogens is 2. The Kier molecular flexibility index (Phi) is 5.05. The summed E-state index contributed by atoms with van der Waals surface area (Å²) in [5.74, 6) is 0. The number of halogens is 2. The molecule has 1 aliphatic heterocycles. The number of carbonyl (C=O) groups is 1. The predicted molar refractivity (Wildman–Crippen MR) is 89.0 cm³/mol. The van der Waals surface area contributed by atoms with E-state index in [-0.39, 0.29) is 12.1 Å².